The second kappa shape index (κ2) is 7.98. The van der Waals surface area contributed by atoms with Crippen molar-refractivity contribution < 1.29 is 29.0 Å². The van der Waals surface area contributed by atoms with Gasteiger partial charge in [-0.15, -0.1) is 0 Å². The summed E-state index contributed by atoms with van der Waals surface area (Å²) < 4.78 is 16.7. The second-order valence-electron chi connectivity index (χ2n) is 7.37. The number of benzene rings is 2. The predicted molar refractivity (Wildman–Crippen MR) is 105 cm³/mol. The third kappa shape index (κ3) is 3.83. The minimum Gasteiger partial charge on any atom is -0.504 e. The molecule has 0 aromatic heterocycles. The van der Waals surface area contributed by atoms with E-state index in [1.807, 2.05) is 0 Å². The van der Waals surface area contributed by atoms with Crippen LogP contribution < -0.4 is 9.47 Å². The Morgan fingerprint density at radius 3 is 2.69 bits per heavy atom. The van der Waals surface area contributed by atoms with Crippen molar-refractivity contribution in [2.24, 2.45) is 5.92 Å². The average Bonchev–Trinajstić information content (AvgIpc) is 2.64. The highest BCUT2D eigenvalue weighted by atomic mass is 16.6. The fraction of sp³-hybridized carbons (Fsp3) is 0.381. The zero-order valence-corrected chi connectivity index (χ0v) is 16.8. The van der Waals surface area contributed by atoms with E-state index in [2.05, 4.69) is 13.8 Å². The Labute approximate surface area is 168 Å². The van der Waals surface area contributed by atoms with E-state index in [9.17, 15) is 20.0 Å². The van der Waals surface area contributed by atoms with Crippen molar-refractivity contribution in [1.29, 1.82) is 0 Å². The van der Waals surface area contributed by atoms with Gasteiger partial charge in [-0.1, -0.05) is 19.9 Å². The molecule has 2 aromatic carbocycles. The van der Waals surface area contributed by atoms with Gasteiger partial charge in [-0.05, 0) is 43.4 Å². The maximum Gasteiger partial charge on any atom is 0.346 e. The number of carbonyl (C=O) groups is 1. The van der Waals surface area contributed by atoms with Gasteiger partial charge in [-0.2, -0.15) is 0 Å². The van der Waals surface area contributed by atoms with Gasteiger partial charge < -0.3 is 19.3 Å². The molecule has 8 heteroatoms. The summed E-state index contributed by atoms with van der Waals surface area (Å²) in [5.41, 5.74) is 0.930. The zero-order valence-electron chi connectivity index (χ0n) is 16.8. The zero-order chi connectivity index (χ0) is 21.3. The normalized spacial score (nSPS) is 12.9. The maximum absolute atomic E-state index is 12.8. The summed E-state index contributed by atoms with van der Waals surface area (Å²) in [4.78, 5) is 23.7. The smallest absolute Gasteiger partial charge is 0.346 e. The molecule has 0 amide bonds. The average molecular weight is 401 g/mol. The number of fused-ring (bicyclic) bond motifs is 2. The monoisotopic (exact) mass is 401 g/mol. The van der Waals surface area contributed by atoms with Crippen LogP contribution in [0.1, 0.15) is 47.3 Å². The van der Waals surface area contributed by atoms with Crippen LogP contribution in [0.3, 0.4) is 0 Å². The lowest BCUT2D eigenvalue weighted by molar-refractivity contribution is -0.386. The van der Waals surface area contributed by atoms with Gasteiger partial charge in [-0.25, -0.2) is 4.79 Å². The molecule has 0 aliphatic carbocycles. The lowest BCUT2D eigenvalue weighted by atomic mass is 9.98. The Morgan fingerprint density at radius 2 is 2.07 bits per heavy atom. The van der Waals surface area contributed by atoms with Crippen LogP contribution >= 0.6 is 0 Å². The molecule has 0 unspecified atom stereocenters. The summed E-state index contributed by atoms with van der Waals surface area (Å²) in [5, 5.41) is 21.9. The van der Waals surface area contributed by atoms with Crippen LogP contribution in [0, 0.1) is 23.0 Å². The van der Waals surface area contributed by atoms with Crippen LogP contribution in [0.15, 0.2) is 18.2 Å². The number of rotatable bonds is 5. The van der Waals surface area contributed by atoms with Crippen LogP contribution in [0.4, 0.5) is 5.69 Å². The van der Waals surface area contributed by atoms with E-state index in [4.69, 9.17) is 14.2 Å². The predicted octanol–water partition coefficient (Wildman–Crippen LogP) is 4.67. The summed E-state index contributed by atoms with van der Waals surface area (Å²) >= 11 is 0. The van der Waals surface area contributed by atoms with Gasteiger partial charge in [0, 0.05) is 5.56 Å². The van der Waals surface area contributed by atoms with E-state index in [-0.39, 0.29) is 39.6 Å². The van der Waals surface area contributed by atoms with Gasteiger partial charge in [0.05, 0.1) is 12.0 Å². The highest BCUT2D eigenvalue weighted by Crippen LogP contribution is 2.46. The number of nitrogens with zero attached hydrogens (tertiary/aromatic N) is 1. The standard InChI is InChI=1S/C21H23NO7/c1-11(2)5-6-13-7-8-16-17(19(13)27-4)21(24)28-10-14-18(22(25)26)12(3)9-15(23)20(14)29-16/h7-9,11,23H,5-6,10H2,1-4H3. The number of carbonyl (C=O) groups excluding carboxylic acids is 1. The molecule has 1 heterocycles. The Bertz CT molecular complexity index is 982. The molecule has 1 aliphatic rings. The van der Waals surface area contributed by atoms with Crippen LogP contribution in [0.25, 0.3) is 0 Å². The first-order valence-corrected chi connectivity index (χ1v) is 9.29. The van der Waals surface area contributed by atoms with Crippen molar-refractivity contribution in [2.45, 2.75) is 40.2 Å². The maximum atomic E-state index is 12.8. The van der Waals surface area contributed by atoms with Crippen molar-refractivity contribution in [3.8, 4) is 23.0 Å². The first-order chi connectivity index (χ1) is 13.7. The molecule has 8 nitrogen and oxygen atoms in total. The van der Waals surface area contributed by atoms with Crippen molar-refractivity contribution in [1.82, 2.24) is 0 Å². The molecule has 2 aromatic rings. The van der Waals surface area contributed by atoms with E-state index in [0.29, 0.717) is 18.1 Å². The van der Waals surface area contributed by atoms with Crippen molar-refractivity contribution in [2.75, 3.05) is 7.11 Å². The molecule has 3 rings (SSSR count). The van der Waals surface area contributed by atoms with Gasteiger partial charge in [0.1, 0.15) is 29.2 Å². The van der Waals surface area contributed by atoms with Gasteiger partial charge in [0.25, 0.3) is 5.69 Å². The van der Waals surface area contributed by atoms with Gasteiger partial charge >= 0.3 is 5.97 Å². The molecule has 0 spiro atoms. The number of nitro benzene ring substituents is 1. The fourth-order valence-electron chi connectivity index (χ4n) is 3.42. The summed E-state index contributed by atoms with van der Waals surface area (Å²) in [5.74, 6) is -0.156. The Balaban J connectivity index is 2.17. The van der Waals surface area contributed by atoms with Crippen LogP contribution in [0.5, 0.6) is 23.0 Å². The van der Waals surface area contributed by atoms with Crippen molar-refractivity contribution in [3.63, 3.8) is 0 Å². The molecule has 0 radical (unpaired) electrons. The number of esters is 1. The topological polar surface area (TPSA) is 108 Å². The number of phenolic OH excluding ortho intramolecular Hbond substituents is 1. The van der Waals surface area contributed by atoms with E-state index in [0.717, 1.165) is 12.0 Å². The van der Waals surface area contributed by atoms with Gasteiger partial charge in [0.15, 0.2) is 11.5 Å². The number of cyclic esters (lactones) is 1. The lowest BCUT2D eigenvalue weighted by Gasteiger charge is -2.22. The largest absolute Gasteiger partial charge is 0.504 e. The number of phenols is 1. The number of hydrogen-bond acceptors (Lipinski definition) is 7. The molecule has 0 fully saturated rings. The number of aromatic hydroxyl groups is 1. The highest BCUT2D eigenvalue weighted by Gasteiger charge is 2.32. The molecule has 154 valence electrons. The minimum absolute atomic E-state index is 0.00866. The van der Waals surface area contributed by atoms with E-state index in [1.165, 1.54) is 20.1 Å². The van der Waals surface area contributed by atoms with Crippen molar-refractivity contribution in [3.05, 3.63) is 50.6 Å². The molecule has 29 heavy (non-hydrogen) atoms. The Morgan fingerprint density at radius 1 is 1.34 bits per heavy atom. The van der Waals surface area contributed by atoms with Crippen LogP contribution in [-0.4, -0.2) is 23.1 Å². The Kier molecular flexibility index (Phi) is 5.63. The van der Waals surface area contributed by atoms with Gasteiger partial charge in [-0.3, -0.25) is 10.1 Å². The number of ether oxygens (including phenoxy) is 3. The van der Waals surface area contributed by atoms with Crippen LogP contribution in [0.2, 0.25) is 0 Å². The summed E-state index contributed by atoms with van der Waals surface area (Å²) in [6, 6.07) is 4.64. The molecular weight excluding hydrogens is 378 g/mol. The summed E-state index contributed by atoms with van der Waals surface area (Å²) in [6.45, 7) is 5.30. The van der Waals surface area contributed by atoms with Crippen molar-refractivity contribution >= 4 is 11.7 Å². The summed E-state index contributed by atoms with van der Waals surface area (Å²) in [6.07, 6.45) is 1.61. The quantitative estimate of drug-likeness (QED) is 0.440. The molecule has 0 saturated heterocycles. The van der Waals surface area contributed by atoms with Gasteiger partial charge in [0.2, 0.25) is 0 Å². The number of methoxy groups -OCH3 is 1. The molecule has 0 bridgehead atoms. The van der Waals surface area contributed by atoms with E-state index in [1.54, 1.807) is 12.1 Å². The van der Waals surface area contributed by atoms with Crippen LogP contribution in [-0.2, 0) is 17.8 Å². The van der Waals surface area contributed by atoms with E-state index < -0.39 is 17.5 Å². The third-order valence-electron chi connectivity index (χ3n) is 4.86. The fourth-order valence-corrected chi connectivity index (χ4v) is 3.42. The molecule has 1 aliphatic heterocycles. The summed E-state index contributed by atoms with van der Waals surface area (Å²) in [7, 11) is 1.46. The number of nitro groups is 1. The lowest BCUT2D eigenvalue weighted by Crippen LogP contribution is -2.15. The molecular formula is C21H23NO7. The first kappa shape index (κ1) is 20.4. The Hall–Kier alpha value is -3.29. The highest BCUT2D eigenvalue weighted by molar-refractivity contribution is 5.96. The molecule has 0 atom stereocenters. The minimum atomic E-state index is -0.704. The number of aryl methyl sites for hydroxylation is 2. The number of hydrogen-bond donors (Lipinski definition) is 1. The SMILES string of the molecule is COc1c(CCC(C)C)ccc2c1C(=O)OCc1c(c(O)cc(C)c1[N+](=O)[O-])O2. The third-order valence-corrected chi connectivity index (χ3v) is 4.86. The first-order valence-electron chi connectivity index (χ1n) is 9.29. The molecule has 1 N–H and O–H groups in total. The second-order valence-corrected chi connectivity index (χ2v) is 7.37. The van der Waals surface area contributed by atoms with E-state index >= 15 is 0 Å². The molecule has 0 saturated carbocycles.